The predicted octanol–water partition coefficient (Wildman–Crippen LogP) is 3.86. The van der Waals surface area contributed by atoms with Crippen molar-refractivity contribution in [3.05, 3.63) is 77.5 Å². The zero-order valence-electron chi connectivity index (χ0n) is 17.5. The molecule has 7 nitrogen and oxygen atoms in total. The Hall–Kier alpha value is -3.45. The van der Waals surface area contributed by atoms with Crippen LogP contribution >= 0.6 is 0 Å². The average molecular weight is 418 g/mol. The van der Waals surface area contributed by atoms with Crippen molar-refractivity contribution in [1.29, 1.82) is 0 Å². The first-order chi connectivity index (χ1) is 15.1. The standard InChI is InChI=1S/C24H26N4O3/c1-2-17-8-10-18(11-9-17)16-28-22(12-13-25-28)27-23(29)19-5-3-6-20(15-19)26-24(30)21-7-4-14-31-21/h3,5-6,8-13,15,21H,2,4,7,14,16H2,1H3,(H,26,30)(H,27,29)/t21-/m1/s1. The largest absolute Gasteiger partial charge is 0.368 e. The van der Waals surface area contributed by atoms with Crippen molar-refractivity contribution in [3.8, 4) is 0 Å². The van der Waals surface area contributed by atoms with Crippen LogP contribution in [0.4, 0.5) is 11.5 Å². The molecule has 0 saturated carbocycles. The third-order valence-electron chi connectivity index (χ3n) is 5.34. The maximum Gasteiger partial charge on any atom is 0.256 e. The summed E-state index contributed by atoms with van der Waals surface area (Å²) in [6, 6.07) is 17.0. The minimum Gasteiger partial charge on any atom is -0.368 e. The molecule has 7 heteroatoms. The number of hydrogen-bond donors (Lipinski definition) is 2. The van der Waals surface area contributed by atoms with Crippen LogP contribution in [0.15, 0.2) is 60.8 Å². The molecule has 0 unspecified atom stereocenters. The van der Waals surface area contributed by atoms with Gasteiger partial charge < -0.3 is 15.4 Å². The summed E-state index contributed by atoms with van der Waals surface area (Å²) in [6.45, 7) is 3.29. The Bertz CT molecular complexity index is 1050. The van der Waals surface area contributed by atoms with Gasteiger partial charge in [0.2, 0.25) is 0 Å². The first kappa shape index (κ1) is 20.8. The Morgan fingerprint density at radius 2 is 1.90 bits per heavy atom. The second-order valence-electron chi connectivity index (χ2n) is 7.57. The van der Waals surface area contributed by atoms with E-state index < -0.39 is 6.10 Å². The molecule has 0 radical (unpaired) electrons. The van der Waals surface area contributed by atoms with Gasteiger partial charge in [-0.1, -0.05) is 37.3 Å². The van der Waals surface area contributed by atoms with Crippen LogP contribution in [0.1, 0.15) is 41.3 Å². The molecule has 2 heterocycles. The Morgan fingerprint density at radius 3 is 2.65 bits per heavy atom. The van der Waals surface area contributed by atoms with Crippen LogP contribution in [0.3, 0.4) is 0 Å². The summed E-state index contributed by atoms with van der Waals surface area (Å²) < 4.78 is 7.16. The summed E-state index contributed by atoms with van der Waals surface area (Å²) in [5.41, 5.74) is 3.40. The Balaban J connectivity index is 1.41. The number of hydrogen-bond acceptors (Lipinski definition) is 4. The number of anilines is 2. The fourth-order valence-electron chi connectivity index (χ4n) is 3.55. The predicted molar refractivity (Wildman–Crippen MR) is 119 cm³/mol. The highest BCUT2D eigenvalue weighted by Gasteiger charge is 2.23. The summed E-state index contributed by atoms with van der Waals surface area (Å²) in [6.07, 6.45) is 3.84. The summed E-state index contributed by atoms with van der Waals surface area (Å²) in [5, 5.41) is 10.1. The van der Waals surface area contributed by atoms with E-state index in [0.29, 0.717) is 30.2 Å². The number of rotatable bonds is 7. The third kappa shape index (κ3) is 5.19. The Labute approximate surface area is 181 Å². The number of aromatic nitrogens is 2. The molecule has 4 rings (SSSR count). The van der Waals surface area contributed by atoms with Crippen molar-refractivity contribution >= 4 is 23.3 Å². The lowest BCUT2D eigenvalue weighted by Crippen LogP contribution is -2.27. The van der Waals surface area contributed by atoms with E-state index in [0.717, 1.165) is 24.8 Å². The van der Waals surface area contributed by atoms with Crippen LogP contribution in [0.25, 0.3) is 0 Å². The van der Waals surface area contributed by atoms with Gasteiger partial charge in [0.25, 0.3) is 11.8 Å². The van der Waals surface area contributed by atoms with Crippen LogP contribution < -0.4 is 10.6 Å². The van der Waals surface area contributed by atoms with Crippen molar-refractivity contribution in [2.45, 2.75) is 38.8 Å². The molecule has 31 heavy (non-hydrogen) atoms. The van der Waals surface area contributed by atoms with Gasteiger partial charge in [-0.2, -0.15) is 5.10 Å². The van der Waals surface area contributed by atoms with Crippen LogP contribution in [0.2, 0.25) is 0 Å². The minimum atomic E-state index is -0.418. The molecule has 1 aliphatic rings. The molecule has 0 spiro atoms. The summed E-state index contributed by atoms with van der Waals surface area (Å²) in [7, 11) is 0. The van der Waals surface area contributed by atoms with Crippen molar-refractivity contribution in [2.75, 3.05) is 17.2 Å². The molecule has 2 amide bonds. The summed E-state index contributed by atoms with van der Waals surface area (Å²) in [4.78, 5) is 25.1. The SMILES string of the molecule is CCc1ccc(Cn2nccc2NC(=O)c2cccc(NC(=O)[C@H]3CCCO3)c2)cc1. The lowest BCUT2D eigenvalue weighted by atomic mass is 10.1. The molecule has 1 saturated heterocycles. The molecular weight excluding hydrogens is 392 g/mol. The second kappa shape index (κ2) is 9.57. The zero-order chi connectivity index (χ0) is 21.6. The number of carbonyl (C=O) groups is 2. The number of nitrogens with one attached hydrogen (secondary N) is 2. The van der Waals surface area contributed by atoms with Gasteiger partial charge in [-0.05, 0) is 48.6 Å². The molecule has 1 aliphatic heterocycles. The lowest BCUT2D eigenvalue weighted by molar-refractivity contribution is -0.124. The van der Waals surface area contributed by atoms with E-state index in [1.807, 2.05) is 0 Å². The van der Waals surface area contributed by atoms with Gasteiger partial charge in [0.1, 0.15) is 11.9 Å². The highest BCUT2D eigenvalue weighted by molar-refractivity contribution is 6.05. The summed E-state index contributed by atoms with van der Waals surface area (Å²) >= 11 is 0. The van der Waals surface area contributed by atoms with Gasteiger partial charge in [-0.15, -0.1) is 0 Å². The Morgan fingerprint density at radius 1 is 1.10 bits per heavy atom. The van der Waals surface area contributed by atoms with Crippen molar-refractivity contribution < 1.29 is 14.3 Å². The fourth-order valence-corrected chi connectivity index (χ4v) is 3.55. The van der Waals surface area contributed by atoms with E-state index in [1.54, 1.807) is 41.2 Å². The first-order valence-electron chi connectivity index (χ1n) is 10.6. The minimum absolute atomic E-state index is 0.178. The molecule has 2 N–H and O–H groups in total. The van der Waals surface area contributed by atoms with Gasteiger partial charge in [0, 0.05) is 23.9 Å². The molecule has 1 aromatic heterocycles. The van der Waals surface area contributed by atoms with Gasteiger partial charge in [0.05, 0.1) is 12.7 Å². The molecule has 1 fully saturated rings. The third-order valence-corrected chi connectivity index (χ3v) is 5.34. The number of benzene rings is 2. The molecule has 3 aromatic rings. The maximum absolute atomic E-state index is 12.8. The molecule has 0 aliphatic carbocycles. The van der Waals surface area contributed by atoms with Crippen molar-refractivity contribution in [3.63, 3.8) is 0 Å². The molecule has 2 aromatic carbocycles. The smallest absolute Gasteiger partial charge is 0.256 e. The molecule has 160 valence electrons. The van der Waals surface area contributed by atoms with E-state index in [9.17, 15) is 9.59 Å². The van der Waals surface area contributed by atoms with Crippen LogP contribution in [0, 0.1) is 0 Å². The van der Waals surface area contributed by atoms with Crippen LogP contribution in [-0.4, -0.2) is 34.3 Å². The zero-order valence-corrected chi connectivity index (χ0v) is 17.5. The van der Waals surface area contributed by atoms with E-state index >= 15 is 0 Å². The fraction of sp³-hybridized carbons (Fsp3) is 0.292. The quantitative estimate of drug-likeness (QED) is 0.610. The molecule has 1 atom stereocenters. The average Bonchev–Trinajstić information content (AvgIpc) is 3.47. The maximum atomic E-state index is 12.8. The van der Waals surface area contributed by atoms with Crippen molar-refractivity contribution in [2.24, 2.45) is 0 Å². The van der Waals surface area contributed by atoms with Crippen LogP contribution in [0.5, 0.6) is 0 Å². The molecular formula is C24H26N4O3. The highest BCUT2D eigenvalue weighted by Crippen LogP contribution is 2.18. The second-order valence-corrected chi connectivity index (χ2v) is 7.57. The van der Waals surface area contributed by atoms with Gasteiger partial charge >= 0.3 is 0 Å². The number of nitrogens with zero attached hydrogens (tertiary/aromatic N) is 2. The van der Waals surface area contributed by atoms with Crippen LogP contribution in [-0.2, 0) is 22.5 Å². The monoisotopic (exact) mass is 418 g/mol. The van der Waals surface area contributed by atoms with E-state index in [-0.39, 0.29) is 11.8 Å². The van der Waals surface area contributed by atoms with Gasteiger partial charge in [0.15, 0.2) is 0 Å². The highest BCUT2D eigenvalue weighted by atomic mass is 16.5. The summed E-state index contributed by atoms with van der Waals surface area (Å²) in [5.74, 6) is 0.164. The number of amides is 2. The van der Waals surface area contributed by atoms with E-state index in [1.165, 1.54) is 5.56 Å². The Kier molecular flexibility index (Phi) is 6.43. The first-order valence-corrected chi connectivity index (χ1v) is 10.6. The number of ether oxygens (including phenoxy) is 1. The van der Waals surface area contributed by atoms with Crippen molar-refractivity contribution in [1.82, 2.24) is 9.78 Å². The van der Waals surface area contributed by atoms with E-state index in [2.05, 4.69) is 46.9 Å². The van der Waals surface area contributed by atoms with Gasteiger partial charge in [-0.3, -0.25) is 9.59 Å². The number of carbonyl (C=O) groups excluding carboxylic acids is 2. The lowest BCUT2D eigenvalue weighted by Gasteiger charge is -2.12. The normalized spacial score (nSPS) is 15.6. The number of aryl methyl sites for hydroxylation is 1. The topological polar surface area (TPSA) is 85.3 Å². The van der Waals surface area contributed by atoms with E-state index in [4.69, 9.17) is 4.74 Å². The van der Waals surface area contributed by atoms with Gasteiger partial charge in [-0.25, -0.2) is 4.68 Å². The molecule has 0 bridgehead atoms.